The predicted molar refractivity (Wildman–Crippen MR) is 72.3 cm³/mol. The van der Waals surface area contributed by atoms with Crippen molar-refractivity contribution < 1.29 is 0 Å². The predicted octanol–water partition coefficient (Wildman–Crippen LogP) is 3.75. The van der Waals surface area contributed by atoms with Crippen LogP contribution in [0.3, 0.4) is 0 Å². The van der Waals surface area contributed by atoms with Crippen molar-refractivity contribution in [1.29, 1.82) is 0 Å². The number of hydrogen-bond donors (Lipinski definition) is 2. The minimum Gasteiger partial charge on any atom is -0.399 e. The number of anilines is 2. The van der Waals surface area contributed by atoms with Crippen LogP contribution in [0.5, 0.6) is 0 Å². The van der Waals surface area contributed by atoms with E-state index in [4.69, 9.17) is 11.5 Å². The average molecular weight is 220 g/mol. The second-order valence-corrected chi connectivity index (χ2v) is 4.48. The first kappa shape index (κ1) is 12.9. The van der Waals surface area contributed by atoms with Crippen molar-refractivity contribution in [2.75, 3.05) is 11.5 Å². The molecule has 0 aliphatic carbocycles. The highest BCUT2D eigenvalue weighted by Crippen LogP contribution is 2.18. The molecular formula is C14H24N2. The summed E-state index contributed by atoms with van der Waals surface area (Å²) in [5.74, 6) is 0. The SMILES string of the molecule is CCCCCCCCc1cc(N)ccc1N. The fourth-order valence-electron chi connectivity index (χ4n) is 1.94. The fourth-order valence-corrected chi connectivity index (χ4v) is 1.94. The maximum absolute atomic E-state index is 5.90. The molecule has 90 valence electrons. The molecule has 0 bridgehead atoms. The number of rotatable bonds is 7. The van der Waals surface area contributed by atoms with Gasteiger partial charge in [-0.1, -0.05) is 39.0 Å². The molecule has 0 radical (unpaired) electrons. The molecule has 0 saturated carbocycles. The molecule has 0 aliphatic heterocycles. The first-order chi connectivity index (χ1) is 7.74. The normalized spacial score (nSPS) is 10.6. The summed E-state index contributed by atoms with van der Waals surface area (Å²) in [5, 5.41) is 0. The van der Waals surface area contributed by atoms with Gasteiger partial charge in [0.15, 0.2) is 0 Å². The Bertz CT molecular complexity index is 308. The van der Waals surface area contributed by atoms with E-state index in [2.05, 4.69) is 6.92 Å². The summed E-state index contributed by atoms with van der Waals surface area (Å²) in [7, 11) is 0. The zero-order valence-corrected chi connectivity index (χ0v) is 10.3. The van der Waals surface area contributed by atoms with Crippen LogP contribution in [0, 0.1) is 0 Å². The number of benzene rings is 1. The molecule has 0 atom stereocenters. The highest BCUT2D eigenvalue weighted by Gasteiger charge is 1.99. The van der Waals surface area contributed by atoms with Crippen LogP contribution >= 0.6 is 0 Å². The zero-order chi connectivity index (χ0) is 11.8. The second-order valence-electron chi connectivity index (χ2n) is 4.48. The summed E-state index contributed by atoms with van der Waals surface area (Å²) in [5.41, 5.74) is 14.5. The van der Waals surface area contributed by atoms with E-state index in [9.17, 15) is 0 Å². The van der Waals surface area contributed by atoms with Crippen molar-refractivity contribution in [1.82, 2.24) is 0 Å². The van der Waals surface area contributed by atoms with Crippen molar-refractivity contribution in [3.63, 3.8) is 0 Å². The first-order valence-electron chi connectivity index (χ1n) is 6.38. The molecule has 0 saturated heterocycles. The standard InChI is InChI=1S/C14H24N2/c1-2-3-4-5-6-7-8-12-11-13(15)9-10-14(12)16/h9-11H,2-8,15-16H2,1H3. The van der Waals surface area contributed by atoms with Gasteiger partial charge in [0, 0.05) is 11.4 Å². The van der Waals surface area contributed by atoms with Gasteiger partial charge in [0.2, 0.25) is 0 Å². The summed E-state index contributed by atoms with van der Waals surface area (Å²) < 4.78 is 0. The fraction of sp³-hybridized carbons (Fsp3) is 0.571. The van der Waals surface area contributed by atoms with E-state index >= 15 is 0 Å². The molecular weight excluding hydrogens is 196 g/mol. The minimum absolute atomic E-state index is 0.815. The van der Waals surface area contributed by atoms with Gasteiger partial charge in [-0.3, -0.25) is 0 Å². The Morgan fingerprint density at radius 2 is 1.62 bits per heavy atom. The van der Waals surface area contributed by atoms with Crippen LogP contribution in [0.15, 0.2) is 18.2 Å². The molecule has 16 heavy (non-hydrogen) atoms. The molecule has 0 aromatic heterocycles. The van der Waals surface area contributed by atoms with E-state index in [1.54, 1.807) is 0 Å². The Kier molecular flexibility index (Phi) is 5.76. The topological polar surface area (TPSA) is 52.0 Å². The Balaban J connectivity index is 2.23. The third-order valence-electron chi connectivity index (χ3n) is 2.97. The number of nitrogens with two attached hydrogens (primary N) is 2. The monoisotopic (exact) mass is 220 g/mol. The van der Waals surface area contributed by atoms with Crippen LogP contribution in [-0.2, 0) is 6.42 Å². The first-order valence-corrected chi connectivity index (χ1v) is 6.38. The van der Waals surface area contributed by atoms with Crippen molar-refractivity contribution in [2.24, 2.45) is 0 Å². The van der Waals surface area contributed by atoms with Gasteiger partial charge in [0.25, 0.3) is 0 Å². The van der Waals surface area contributed by atoms with Gasteiger partial charge in [-0.15, -0.1) is 0 Å². The van der Waals surface area contributed by atoms with E-state index in [1.807, 2.05) is 18.2 Å². The molecule has 0 spiro atoms. The molecule has 0 aliphatic rings. The lowest BCUT2D eigenvalue weighted by Crippen LogP contribution is -1.96. The summed E-state index contributed by atoms with van der Waals surface area (Å²) in [6.07, 6.45) is 8.95. The van der Waals surface area contributed by atoms with E-state index in [0.717, 1.165) is 17.8 Å². The lowest BCUT2D eigenvalue weighted by atomic mass is 10.0. The lowest BCUT2D eigenvalue weighted by Gasteiger charge is -2.06. The molecule has 1 rings (SSSR count). The molecule has 0 unspecified atom stereocenters. The van der Waals surface area contributed by atoms with Crippen LogP contribution in [-0.4, -0.2) is 0 Å². The Morgan fingerprint density at radius 3 is 2.38 bits per heavy atom. The molecule has 0 amide bonds. The van der Waals surface area contributed by atoms with Crippen LogP contribution in [0.4, 0.5) is 11.4 Å². The molecule has 2 heteroatoms. The lowest BCUT2D eigenvalue weighted by molar-refractivity contribution is 0.608. The van der Waals surface area contributed by atoms with Gasteiger partial charge >= 0.3 is 0 Å². The average Bonchev–Trinajstić information content (AvgIpc) is 2.28. The van der Waals surface area contributed by atoms with Crippen LogP contribution in [0.2, 0.25) is 0 Å². The highest BCUT2D eigenvalue weighted by atomic mass is 14.6. The van der Waals surface area contributed by atoms with Crippen molar-refractivity contribution in [2.45, 2.75) is 51.9 Å². The van der Waals surface area contributed by atoms with Crippen LogP contribution < -0.4 is 11.5 Å². The van der Waals surface area contributed by atoms with Gasteiger partial charge in [0.1, 0.15) is 0 Å². The maximum atomic E-state index is 5.90. The maximum Gasteiger partial charge on any atom is 0.0348 e. The Hall–Kier alpha value is -1.18. The van der Waals surface area contributed by atoms with E-state index < -0.39 is 0 Å². The molecule has 0 fully saturated rings. The van der Waals surface area contributed by atoms with Gasteiger partial charge < -0.3 is 11.5 Å². The molecule has 1 aromatic carbocycles. The third-order valence-corrected chi connectivity index (χ3v) is 2.97. The molecule has 0 heterocycles. The van der Waals surface area contributed by atoms with Crippen molar-refractivity contribution >= 4 is 11.4 Å². The second kappa shape index (κ2) is 7.15. The van der Waals surface area contributed by atoms with E-state index in [-0.39, 0.29) is 0 Å². The van der Waals surface area contributed by atoms with Crippen LogP contribution in [0.1, 0.15) is 51.0 Å². The number of hydrogen-bond acceptors (Lipinski definition) is 2. The zero-order valence-electron chi connectivity index (χ0n) is 10.3. The summed E-state index contributed by atoms with van der Waals surface area (Å²) in [4.78, 5) is 0. The number of aryl methyl sites for hydroxylation is 1. The highest BCUT2D eigenvalue weighted by molar-refractivity contribution is 5.55. The number of nitrogen functional groups attached to an aromatic ring is 2. The minimum atomic E-state index is 0.815. The largest absolute Gasteiger partial charge is 0.399 e. The van der Waals surface area contributed by atoms with Crippen molar-refractivity contribution in [3.8, 4) is 0 Å². The Morgan fingerprint density at radius 1 is 0.938 bits per heavy atom. The van der Waals surface area contributed by atoms with E-state index in [0.29, 0.717) is 0 Å². The molecule has 1 aromatic rings. The van der Waals surface area contributed by atoms with Gasteiger partial charge in [0.05, 0.1) is 0 Å². The summed E-state index contributed by atoms with van der Waals surface area (Å²) in [6.45, 7) is 2.24. The third kappa shape index (κ3) is 4.56. The summed E-state index contributed by atoms with van der Waals surface area (Å²) in [6, 6.07) is 5.77. The molecule has 2 nitrogen and oxygen atoms in total. The van der Waals surface area contributed by atoms with Gasteiger partial charge in [-0.05, 0) is 36.6 Å². The number of unbranched alkanes of at least 4 members (excludes halogenated alkanes) is 5. The Labute approximate surface area is 99.0 Å². The van der Waals surface area contributed by atoms with Gasteiger partial charge in [-0.25, -0.2) is 0 Å². The smallest absolute Gasteiger partial charge is 0.0348 e. The van der Waals surface area contributed by atoms with Gasteiger partial charge in [-0.2, -0.15) is 0 Å². The van der Waals surface area contributed by atoms with Crippen LogP contribution in [0.25, 0.3) is 0 Å². The molecule has 4 N–H and O–H groups in total. The quantitative estimate of drug-likeness (QED) is 0.543. The summed E-state index contributed by atoms with van der Waals surface area (Å²) >= 11 is 0. The van der Waals surface area contributed by atoms with E-state index in [1.165, 1.54) is 44.1 Å². The van der Waals surface area contributed by atoms with Crippen molar-refractivity contribution in [3.05, 3.63) is 23.8 Å².